The van der Waals surface area contributed by atoms with Crippen molar-refractivity contribution in [1.29, 1.82) is 0 Å². The van der Waals surface area contributed by atoms with Crippen molar-refractivity contribution in [2.45, 2.75) is 37.8 Å². The number of piperidine rings is 1. The number of ether oxygens (including phenoxy) is 1. The van der Waals surface area contributed by atoms with Crippen LogP contribution in [0.15, 0.2) is 48.5 Å². The molecule has 0 spiro atoms. The van der Waals surface area contributed by atoms with E-state index in [9.17, 15) is 4.79 Å². The third-order valence-corrected chi connectivity index (χ3v) is 7.02. The number of rotatable bonds is 9. The third-order valence-electron chi connectivity index (χ3n) is 7.02. The second kappa shape index (κ2) is 11.6. The van der Waals surface area contributed by atoms with Crippen LogP contribution < -0.4 is 20.7 Å². The Kier molecular flexibility index (Phi) is 8.37. The summed E-state index contributed by atoms with van der Waals surface area (Å²) in [6, 6.07) is 17.5. The van der Waals surface area contributed by atoms with Crippen LogP contribution in [0.25, 0.3) is 0 Å². The smallest absolute Gasteiger partial charge is 0.225 e. The molecule has 2 aliphatic heterocycles. The van der Waals surface area contributed by atoms with Crippen molar-refractivity contribution in [2.24, 2.45) is 5.92 Å². The summed E-state index contributed by atoms with van der Waals surface area (Å²) in [6.07, 6.45) is 3.19. The Labute approximate surface area is 198 Å². The highest BCUT2D eigenvalue weighted by molar-refractivity contribution is 5.80. The first-order chi connectivity index (χ1) is 16.1. The largest absolute Gasteiger partial charge is 0.497 e. The van der Waals surface area contributed by atoms with Crippen molar-refractivity contribution in [3.8, 4) is 5.75 Å². The molecule has 1 amide bonds. The fourth-order valence-electron chi connectivity index (χ4n) is 5.08. The summed E-state index contributed by atoms with van der Waals surface area (Å²) < 4.78 is 5.22. The maximum atomic E-state index is 13.1. The minimum absolute atomic E-state index is 0.0153. The Bertz CT molecular complexity index is 895. The molecule has 2 fully saturated rings. The normalized spacial score (nSPS) is 21.8. The van der Waals surface area contributed by atoms with Crippen LogP contribution in [0.1, 0.15) is 35.4 Å². The number of hydrogen-bond donors (Lipinski definition) is 3. The number of hydrogen-bond acceptors (Lipinski definition) is 5. The summed E-state index contributed by atoms with van der Waals surface area (Å²) in [5.41, 5.74) is 3.78. The Morgan fingerprint density at radius 1 is 1.09 bits per heavy atom. The summed E-state index contributed by atoms with van der Waals surface area (Å²) in [5.74, 6) is 1.23. The van der Waals surface area contributed by atoms with Crippen molar-refractivity contribution < 1.29 is 9.53 Å². The van der Waals surface area contributed by atoms with Gasteiger partial charge in [0.15, 0.2) is 0 Å². The number of nitrogens with zero attached hydrogens (tertiary/aromatic N) is 1. The van der Waals surface area contributed by atoms with Gasteiger partial charge in [0, 0.05) is 38.1 Å². The molecule has 33 heavy (non-hydrogen) atoms. The van der Waals surface area contributed by atoms with Gasteiger partial charge in [-0.1, -0.05) is 36.4 Å². The van der Waals surface area contributed by atoms with Gasteiger partial charge in [0.2, 0.25) is 5.91 Å². The van der Waals surface area contributed by atoms with Crippen LogP contribution in [0.5, 0.6) is 5.75 Å². The number of amides is 1. The second-order valence-corrected chi connectivity index (χ2v) is 9.47. The van der Waals surface area contributed by atoms with Crippen molar-refractivity contribution >= 4 is 5.91 Å². The molecular weight excluding hydrogens is 412 g/mol. The minimum Gasteiger partial charge on any atom is -0.497 e. The van der Waals surface area contributed by atoms with E-state index in [-0.39, 0.29) is 17.7 Å². The first-order valence-corrected chi connectivity index (χ1v) is 12.2. The third kappa shape index (κ3) is 6.56. The van der Waals surface area contributed by atoms with E-state index < -0.39 is 0 Å². The summed E-state index contributed by atoms with van der Waals surface area (Å²) >= 11 is 0. The molecule has 2 saturated heterocycles. The lowest BCUT2D eigenvalue weighted by Gasteiger charge is -2.24. The Morgan fingerprint density at radius 2 is 1.88 bits per heavy atom. The summed E-state index contributed by atoms with van der Waals surface area (Å²) in [4.78, 5) is 15.4. The van der Waals surface area contributed by atoms with Gasteiger partial charge in [-0.2, -0.15) is 0 Å². The van der Waals surface area contributed by atoms with Crippen molar-refractivity contribution in [3.05, 3.63) is 65.2 Å². The summed E-state index contributed by atoms with van der Waals surface area (Å²) in [5, 5.41) is 10.3. The molecule has 2 atom stereocenters. The highest BCUT2D eigenvalue weighted by atomic mass is 16.5. The average Bonchev–Trinajstić information content (AvgIpc) is 3.26. The lowest BCUT2D eigenvalue weighted by atomic mass is 9.87. The Morgan fingerprint density at radius 3 is 2.64 bits per heavy atom. The molecule has 0 unspecified atom stereocenters. The van der Waals surface area contributed by atoms with Gasteiger partial charge in [-0.05, 0) is 68.2 Å². The van der Waals surface area contributed by atoms with Crippen molar-refractivity contribution in [3.63, 3.8) is 0 Å². The van der Waals surface area contributed by atoms with E-state index in [0.29, 0.717) is 12.6 Å². The van der Waals surface area contributed by atoms with Crippen LogP contribution in [0.2, 0.25) is 0 Å². The standard InChI is InChI=1S/C27H38N4O2/c1-31-18-25(22-5-3-4-21(16-22)17-30-23-11-13-28-14-12-23)26(19-31)27(32)29-15-10-20-6-8-24(33-2)9-7-20/h3-9,16,23,25-26,28,30H,10-15,17-19H2,1-2H3,(H,29,32)/t25-,26+/m0/s1. The van der Waals surface area contributed by atoms with E-state index in [1.54, 1.807) is 7.11 Å². The Hall–Kier alpha value is -2.41. The summed E-state index contributed by atoms with van der Waals surface area (Å²) in [7, 11) is 3.78. The fourth-order valence-corrected chi connectivity index (χ4v) is 5.08. The first-order valence-electron chi connectivity index (χ1n) is 12.2. The van der Waals surface area contributed by atoms with Crippen LogP contribution in [0.4, 0.5) is 0 Å². The molecule has 0 saturated carbocycles. The molecular formula is C27H38N4O2. The maximum Gasteiger partial charge on any atom is 0.225 e. The molecule has 2 aromatic rings. The molecule has 0 radical (unpaired) electrons. The molecule has 3 N–H and O–H groups in total. The quantitative estimate of drug-likeness (QED) is 0.548. The maximum absolute atomic E-state index is 13.1. The molecule has 178 valence electrons. The molecule has 6 nitrogen and oxygen atoms in total. The van der Waals surface area contributed by atoms with Gasteiger partial charge >= 0.3 is 0 Å². The number of benzene rings is 2. The average molecular weight is 451 g/mol. The zero-order valence-corrected chi connectivity index (χ0v) is 20.0. The minimum atomic E-state index is -0.0153. The van der Waals surface area contributed by atoms with E-state index in [1.165, 1.54) is 29.5 Å². The molecule has 0 aromatic heterocycles. The lowest BCUT2D eigenvalue weighted by molar-refractivity contribution is -0.124. The molecule has 6 heteroatoms. The first kappa shape index (κ1) is 23.7. The van der Waals surface area contributed by atoms with E-state index >= 15 is 0 Å². The number of nitrogens with one attached hydrogen (secondary N) is 3. The van der Waals surface area contributed by atoms with Gasteiger partial charge in [0.1, 0.15) is 5.75 Å². The molecule has 2 heterocycles. The fraction of sp³-hybridized carbons (Fsp3) is 0.519. The van der Waals surface area contributed by atoms with Crippen molar-refractivity contribution in [2.75, 3.05) is 46.9 Å². The van der Waals surface area contributed by atoms with E-state index in [2.05, 4.69) is 64.3 Å². The predicted molar refractivity (Wildman–Crippen MR) is 133 cm³/mol. The van der Waals surface area contributed by atoms with E-state index in [0.717, 1.165) is 44.9 Å². The van der Waals surface area contributed by atoms with Gasteiger partial charge < -0.3 is 25.6 Å². The van der Waals surface area contributed by atoms with Crippen molar-refractivity contribution in [1.82, 2.24) is 20.9 Å². The van der Waals surface area contributed by atoms with Gasteiger partial charge in [-0.25, -0.2) is 0 Å². The van der Waals surface area contributed by atoms with Crippen LogP contribution in [0, 0.1) is 5.92 Å². The van der Waals surface area contributed by atoms with Crippen LogP contribution in [0.3, 0.4) is 0 Å². The van der Waals surface area contributed by atoms with Crippen LogP contribution >= 0.6 is 0 Å². The zero-order valence-electron chi connectivity index (χ0n) is 20.0. The van der Waals surface area contributed by atoms with Crippen LogP contribution in [-0.2, 0) is 17.8 Å². The number of carbonyl (C=O) groups is 1. The molecule has 0 aliphatic carbocycles. The Balaban J connectivity index is 1.32. The molecule has 2 aromatic carbocycles. The summed E-state index contributed by atoms with van der Waals surface area (Å²) in [6.45, 7) is 5.46. The number of likely N-dealkylation sites (tertiary alicyclic amines) is 1. The SMILES string of the molecule is COc1ccc(CCNC(=O)[C@@H]2CN(C)C[C@H]2c2cccc(CNC3CCNCC3)c2)cc1. The number of carbonyl (C=O) groups excluding carboxylic acids is 1. The van der Waals surface area contributed by atoms with E-state index in [4.69, 9.17) is 4.74 Å². The highest BCUT2D eigenvalue weighted by Crippen LogP contribution is 2.32. The molecule has 2 aliphatic rings. The molecule has 4 rings (SSSR count). The highest BCUT2D eigenvalue weighted by Gasteiger charge is 2.36. The van der Waals surface area contributed by atoms with Gasteiger partial charge in [0.25, 0.3) is 0 Å². The van der Waals surface area contributed by atoms with Gasteiger partial charge in [-0.3, -0.25) is 4.79 Å². The zero-order chi connectivity index (χ0) is 23.0. The van der Waals surface area contributed by atoms with Crippen LogP contribution in [-0.4, -0.2) is 63.7 Å². The number of likely N-dealkylation sites (N-methyl/N-ethyl adjacent to an activating group) is 1. The lowest BCUT2D eigenvalue weighted by Crippen LogP contribution is -2.39. The number of methoxy groups -OCH3 is 1. The van der Waals surface area contributed by atoms with E-state index in [1.807, 2.05) is 12.1 Å². The topological polar surface area (TPSA) is 65.6 Å². The molecule has 0 bridgehead atoms. The monoisotopic (exact) mass is 450 g/mol. The predicted octanol–water partition coefficient (Wildman–Crippen LogP) is 2.54. The van der Waals surface area contributed by atoms with Gasteiger partial charge in [-0.15, -0.1) is 0 Å². The van der Waals surface area contributed by atoms with Gasteiger partial charge in [0.05, 0.1) is 13.0 Å². The second-order valence-electron chi connectivity index (χ2n) is 9.47.